The standard InChI is InChI=1S/C22H40N4O/c1-6-7-13-25(4)16-20-15-23-24-21(20)18-8-10-19(11-9-18)22(27)26(5)14-12-17(2)3/h15,17-19H,6-14,16H2,1-5H3,(H,23,24). The number of aromatic nitrogens is 2. The summed E-state index contributed by atoms with van der Waals surface area (Å²) in [4.78, 5) is 17.1. The van der Waals surface area contributed by atoms with Crippen LogP contribution in [0.25, 0.3) is 0 Å². The van der Waals surface area contributed by atoms with Gasteiger partial charge in [0.05, 0.1) is 6.20 Å². The minimum Gasteiger partial charge on any atom is -0.346 e. The maximum absolute atomic E-state index is 12.7. The van der Waals surface area contributed by atoms with Gasteiger partial charge in [0.15, 0.2) is 0 Å². The number of amides is 1. The number of H-pyrrole nitrogens is 1. The molecule has 1 aromatic rings. The fourth-order valence-corrected chi connectivity index (χ4v) is 4.10. The largest absolute Gasteiger partial charge is 0.346 e. The third-order valence-electron chi connectivity index (χ3n) is 5.99. The van der Waals surface area contributed by atoms with Crippen LogP contribution in [0.2, 0.25) is 0 Å². The summed E-state index contributed by atoms with van der Waals surface area (Å²) >= 11 is 0. The Balaban J connectivity index is 1.85. The molecule has 1 amide bonds. The van der Waals surface area contributed by atoms with E-state index in [0.717, 1.165) is 51.7 Å². The van der Waals surface area contributed by atoms with Gasteiger partial charge in [0.25, 0.3) is 0 Å². The van der Waals surface area contributed by atoms with E-state index in [1.807, 2.05) is 18.1 Å². The zero-order valence-electron chi connectivity index (χ0n) is 18.1. The molecule has 2 rings (SSSR count). The molecule has 1 fully saturated rings. The van der Waals surface area contributed by atoms with Gasteiger partial charge in [-0.25, -0.2) is 0 Å². The Morgan fingerprint density at radius 3 is 2.56 bits per heavy atom. The Bertz CT molecular complexity index is 560. The number of aromatic amines is 1. The normalized spacial score (nSPS) is 20.4. The van der Waals surface area contributed by atoms with E-state index in [0.29, 0.717) is 17.7 Å². The molecule has 5 nitrogen and oxygen atoms in total. The van der Waals surface area contributed by atoms with E-state index in [-0.39, 0.29) is 5.92 Å². The average molecular weight is 377 g/mol. The highest BCUT2D eigenvalue weighted by Crippen LogP contribution is 2.37. The van der Waals surface area contributed by atoms with Gasteiger partial charge in [0.2, 0.25) is 5.91 Å². The maximum atomic E-state index is 12.7. The van der Waals surface area contributed by atoms with Gasteiger partial charge in [-0.3, -0.25) is 9.89 Å². The summed E-state index contributed by atoms with van der Waals surface area (Å²) < 4.78 is 0. The lowest BCUT2D eigenvalue weighted by molar-refractivity contribution is -0.135. The van der Waals surface area contributed by atoms with Gasteiger partial charge in [-0.05, 0) is 58.0 Å². The molecule has 0 spiro atoms. The predicted molar refractivity (Wildman–Crippen MR) is 112 cm³/mol. The highest BCUT2D eigenvalue weighted by atomic mass is 16.2. The maximum Gasteiger partial charge on any atom is 0.225 e. The van der Waals surface area contributed by atoms with Crippen molar-refractivity contribution in [1.82, 2.24) is 20.0 Å². The summed E-state index contributed by atoms with van der Waals surface area (Å²) in [5, 5.41) is 7.59. The van der Waals surface area contributed by atoms with Crippen LogP contribution in [0.4, 0.5) is 0 Å². The lowest BCUT2D eigenvalue weighted by atomic mass is 9.79. The van der Waals surface area contributed by atoms with Crippen molar-refractivity contribution in [3.8, 4) is 0 Å². The third-order valence-corrected chi connectivity index (χ3v) is 5.99. The number of rotatable bonds is 10. The van der Waals surface area contributed by atoms with Crippen molar-refractivity contribution in [2.24, 2.45) is 11.8 Å². The molecule has 27 heavy (non-hydrogen) atoms. The van der Waals surface area contributed by atoms with E-state index in [1.165, 1.54) is 24.1 Å². The molecule has 0 atom stereocenters. The second-order valence-corrected chi connectivity index (χ2v) is 8.89. The topological polar surface area (TPSA) is 52.2 Å². The van der Waals surface area contributed by atoms with Crippen molar-refractivity contribution in [2.75, 3.05) is 27.2 Å². The first-order valence-electron chi connectivity index (χ1n) is 10.9. The molecule has 0 radical (unpaired) electrons. The van der Waals surface area contributed by atoms with Crippen LogP contribution >= 0.6 is 0 Å². The van der Waals surface area contributed by atoms with Crippen LogP contribution in [0.15, 0.2) is 6.20 Å². The molecule has 154 valence electrons. The number of nitrogens with zero attached hydrogens (tertiary/aromatic N) is 3. The number of nitrogens with one attached hydrogen (secondary N) is 1. The quantitative estimate of drug-likeness (QED) is 0.657. The number of hydrogen-bond acceptors (Lipinski definition) is 3. The van der Waals surface area contributed by atoms with Crippen LogP contribution in [0.5, 0.6) is 0 Å². The first kappa shape index (κ1) is 21.9. The van der Waals surface area contributed by atoms with E-state index in [1.54, 1.807) is 0 Å². The second-order valence-electron chi connectivity index (χ2n) is 8.89. The van der Waals surface area contributed by atoms with Gasteiger partial charge in [0.1, 0.15) is 0 Å². The van der Waals surface area contributed by atoms with E-state index < -0.39 is 0 Å². The summed E-state index contributed by atoms with van der Waals surface area (Å²) in [7, 11) is 4.16. The molecule has 0 aliphatic heterocycles. The summed E-state index contributed by atoms with van der Waals surface area (Å²) in [6.07, 6.45) is 9.71. The molecule has 1 N–H and O–H groups in total. The SMILES string of the molecule is CCCCN(C)Cc1cn[nH]c1C1CCC(C(=O)N(C)CCC(C)C)CC1. The smallest absolute Gasteiger partial charge is 0.225 e. The van der Waals surface area contributed by atoms with Crippen molar-refractivity contribution < 1.29 is 4.79 Å². The Hall–Kier alpha value is -1.36. The van der Waals surface area contributed by atoms with E-state index >= 15 is 0 Å². The van der Waals surface area contributed by atoms with Gasteiger partial charge in [-0.15, -0.1) is 0 Å². The molecule has 1 aromatic heterocycles. The van der Waals surface area contributed by atoms with Crippen LogP contribution in [0.1, 0.15) is 82.9 Å². The Morgan fingerprint density at radius 1 is 1.22 bits per heavy atom. The molecule has 5 heteroatoms. The van der Waals surface area contributed by atoms with E-state index in [2.05, 4.69) is 42.9 Å². The molecule has 0 unspecified atom stereocenters. The van der Waals surface area contributed by atoms with Crippen LogP contribution in [-0.2, 0) is 11.3 Å². The molecule has 1 saturated carbocycles. The summed E-state index contributed by atoms with van der Waals surface area (Å²) in [5.74, 6) is 1.72. The number of hydrogen-bond donors (Lipinski definition) is 1. The zero-order valence-corrected chi connectivity index (χ0v) is 18.1. The van der Waals surface area contributed by atoms with Gasteiger partial charge in [-0.2, -0.15) is 5.10 Å². The predicted octanol–water partition coefficient (Wildman–Crippen LogP) is 4.42. The molecule has 1 aliphatic rings. The molecule has 1 heterocycles. The molecular formula is C22H40N4O. The van der Waals surface area contributed by atoms with Crippen molar-refractivity contribution in [1.29, 1.82) is 0 Å². The Labute approximate surface area is 165 Å². The van der Waals surface area contributed by atoms with Gasteiger partial charge in [-0.1, -0.05) is 27.2 Å². The van der Waals surface area contributed by atoms with Crippen LogP contribution < -0.4 is 0 Å². The lowest BCUT2D eigenvalue weighted by Gasteiger charge is -2.31. The van der Waals surface area contributed by atoms with Crippen LogP contribution in [0.3, 0.4) is 0 Å². The van der Waals surface area contributed by atoms with Gasteiger partial charge in [0, 0.05) is 43.2 Å². The van der Waals surface area contributed by atoms with Crippen LogP contribution in [-0.4, -0.2) is 53.1 Å². The number of carbonyl (C=O) groups excluding carboxylic acids is 1. The minimum absolute atomic E-state index is 0.206. The highest BCUT2D eigenvalue weighted by molar-refractivity contribution is 5.78. The summed E-state index contributed by atoms with van der Waals surface area (Å²) in [6, 6.07) is 0. The fraction of sp³-hybridized carbons (Fsp3) is 0.818. The third kappa shape index (κ3) is 6.63. The van der Waals surface area contributed by atoms with Gasteiger partial charge >= 0.3 is 0 Å². The Morgan fingerprint density at radius 2 is 1.93 bits per heavy atom. The summed E-state index contributed by atoms with van der Waals surface area (Å²) in [6.45, 7) is 9.63. The molecule has 0 saturated heterocycles. The monoisotopic (exact) mass is 376 g/mol. The zero-order chi connectivity index (χ0) is 19.8. The van der Waals surface area contributed by atoms with E-state index in [9.17, 15) is 4.79 Å². The highest BCUT2D eigenvalue weighted by Gasteiger charge is 2.30. The van der Waals surface area contributed by atoms with Crippen molar-refractivity contribution in [2.45, 2.75) is 78.2 Å². The fourth-order valence-electron chi connectivity index (χ4n) is 4.10. The first-order chi connectivity index (χ1) is 12.9. The molecule has 0 bridgehead atoms. The average Bonchev–Trinajstić information content (AvgIpc) is 3.11. The molecule has 1 aliphatic carbocycles. The van der Waals surface area contributed by atoms with Crippen molar-refractivity contribution >= 4 is 5.91 Å². The summed E-state index contributed by atoms with van der Waals surface area (Å²) in [5.41, 5.74) is 2.63. The number of carbonyl (C=O) groups is 1. The van der Waals surface area contributed by atoms with Gasteiger partial charge < -0.3 is 9.80 Å². The minimum atomic E-state index is 0.206. The molecular weight excluding hydrogens is 336 g/mol. The Kier molecular flexibility index (Phi) is 8.81. The van der Waals surface area contributed by atoms with Crippen LogP contribution in [0, 0.1) is 11.8 Å². The second kappa shape index (κ2) is 10.8. The van der Waals surface area contributed by atoms with Crippen molar-refractivity contribution in [3.05, 3.63) is 17.5 Å². The first-order valence-corrected chi connectivity index (χ1v) is 10.9. The van der Waals surface area contributed by atoms with Crippen molar-refractivity contribution in [3.63, 3.8) is 0 Å². The van der Waals surface area contributed by atoms with E-state index in [4.69, 9.17) is 0 Å². The lowest BCUT2D eigenvalue weighted by Crippen LogP contribution is -2.35. The molecule has 0 aromatic carbocycles. The number of unbranched alkanes of at least 4 members (excludes halogenated alkanes) is 1.